The molecule has 0 amide bonds. The minimum atomic E-state index is 0.740. The van der Waals surface area contributed by atoms with Crippen molar-refractivity contribution in [2.45, 2.75) is 65.2 Å². The maximum Gasteiger partial charge on any atom is 0.120 e. The molecule has 2 heteroatoms. The molecule has 0 unspecified atom stereocenters. The molecule has 0 aliphatic rings. The zero-order chi connectivity index (χ0) is 35.3. The van der Waals surface area contributed by atoms with Crippen LogP contribution in [0, 0.1) is 11.8 Å². The second-order valence-electron chi connectivity index (χ2n) is 14.0. The molecule has 0 fully saturated rings. The largest absolute Gasteiger partial charge is 0.494 e. The van der Waals surface area contributed by atoms with E-state index in [9.17, 15) is 0 Å². The quantitative estimate of drug-likeness (QED) is 0.0523. The number of benzene rings is 8. The molecule has 0 aliphatic carbocycles. The first-order valence-electron chi connectivity index (χ1n) is 19.3. The predicted molar refractivity (Wildman–Crippen MR) is 222 cm³/mol. The molecule has 0 radical (unpaired) electrons. The number of rotatable bonds is 13. The maximum atomic E-state index is 6.30. The molecule has 8 rings (SSSR count). The van der Waals surface area contributed by atoms with Gasteiger partial charge in [0.25, 0.3) is 0 Å². The second-order valence-corrected chi connectivity index (χ2v) is 14.0. The Labute approximate surface area is 307 Å². The summed E-state index contributed by atoms with van der Waals surface area (Å²) in [6, 6.07) is 43.8. The van der Waals surface area contributed by atoms with Gasteiger partial charge in [0.05, 0.1) is 13.2 Å². The van der Waals surface area contributed by atoms with Crippen LogP contribution in [0.25, 0.3) is 65.0 Å². The average molecular weight is 679 g/mol. The van der Waals surface area contributed by atoms with E-state index in [1.807, 2.05) is 12.1 Å². The van der Waals surface area contributed by atoms with Crippen molar-refractivity contribution in [3.05, 3.63) is 132 Å². The molecule has 0 aliphatic heterocycles. The lowest BCUT2D eigenvalue weighted by Crippen LogP contribution is -1.97. The van der Waals surface area contributed by atoms with Gasteiger partial charge in [0.2, 0.25) is 0 Å². The standard InChI is InChI=1S/C50H46O2/c1-3-5-7-13-31-51-37-19-15-17-35(33-37)25-26-42-39-21-9-10-22-40(39)44-29-30-47-48(36-18-16-20-38(34-36)52-32-14-8-6-4-2)43-24-12-11-23-41(43)45-27-28-46(42)49(44)50(45)47/h9-12,15-24,27-30,33-34H,3-8,13-14,31-32H2,1-2H3. The second kappa shape index (κ2) is 15.4. The van der Waals surface area contributed by atoms with Crippen molar-refractivity contribution < 1.29 is 9.47 Å². The van der Waals surface area contributed by atoms with Crippen LogP contribution in [0.1, 0.15) is 76.3 Å². The summed E-state index contributed by atoms with van der Waals surface area (Å²) < 4.78 is 12.4. The summed E-state index contributed by atoms with van der Waals surface area (Å²) in [6.45, 7) is 5.96. The molecule has 0 aromatic heterocycles. The van der Waals surface area contributed by atoms with Gasteiger partial charge in [-0.15, -0.1) is 0 Å². The van der Waals surface area contributed by atoms with Crippen LogP contribution >= 0.6 is 0 Å². The summed E-state index contributed by atoms with van der Waals surface area (Å²) >= 11 is 0. The highest BCUT2D eigenvalue weighted by atomic mass is 16.5. The fourth-order valence-corrected chi connectivity index (χ4v) is 7.95. The maximum absolute atomic E-state index is 6.30. The van der Waals surface area contributed by atoms with Crippen molar-refractivity contribution in [2.75, 3.05) is 13.2 Å². The van der Waals surface area contributed by atoms with Crippen LogP contribution in [0.3, 0.4) is 0 Å². The molecular weight excluding hydrogens is 633 g/mol. The predicted octanol–water partition coefficient (Wildman–Crippen LogP) is 13.9. The molecule has 0 saturated carbocycles. The van der Waals surface area contributed by atoms with Gasteiger partial charge in [0.15, 0.2) is 0 Å². The summed E-state index contributed by atoms with van der Waals surface area (Å²) in [6.07, 6.45) is 9.52. The van der Waals surface area contributed by atoms with Crippen molar-refractivity contribution in [3.8, 4) is 34.5 Å². The third kappa shape index (κ3) is 6.53. The highest BCUT2D eigenvalue weighted by molar-refractivity contribution is 6.36. The number of unbranched alkanes of at least 4 members (excludes halogenated alkanes) is 6. The molecule has 0 saturated heterocycles. The minimum absolute atomic E-state index is 0.740. The van der Waals surface area contributed by atoms with Crippen molar-refractivity contribution in [1.82, 2.24) is 0 Å². The lowest BCUT2D eigenvalue weighted by Gasteiger charge is -2.20. The fourth-order valence-electron chi connectivity index (χ4n) is 7.95. The Balaban J connectivity index is 1.29. The highest BCUT2D eigenvalue weighted by Crippen LogP contribution is 2.47. The molecule has 0 atom stereocenters. The van der Waals surface area contributed by atoms with Crippen LogP contribution in [0.4, 0.5) is 0 Å². The Bertz CT molecular complexity index is 2570. The summed E-state index contributed by atoms with van der Waals surface area (Å²) in [5.74, 6) is 9.02. The molecule has 0 bridgehead atoms. The van der Waals surface area contributed by atoms with E-state index in [2.05, 4.69) is 135 Å². The van der Waals surface area contributed by atoms with Crippen LogP contribution in [0.2, 0.25) is 0 Å². The van der Waals surface area contributed by atoms with E-state index >= 15 is 0 Å². The van der Waals surface area contributed by atoms with E-state index in [0.717, 1.165) is 48.7 Å². The summed E-state index contributed by atoms with van der Waals surface area (Å²) in [7, 11) is 0. The molecule has 0 spiro atoms. The van der Waals surface area contributed by atoms with Gasteiger partial charge in [-0.1, -0.05) is 155 Å². The van der Waals surface area contributed by atoms with E-state index in [4.69, 9.17) is 9.47 Å². The van der Waals surface area contributed by atoms with Gasteiger partial charge in [-0.05, 0) is 108 Å². The molecule has 0 N–H and O–H groups in total. The number of fused-ring (bicyclic) bond motifs is 4. The Morgan fingerprint density at radius 1 is 0.423 bits per heavy atom. The fraction of sp³-hybridized carbons (Fsp3) is 0.240. The van der Waals surface area contributed by atoms with Gasteiger partial charge in [-0.3, -0.25) is 0 Å². The topological polar surface area (TPSA) is 18.5 Å². The highest BCUT2D eigenvalue weighted by Gasteiger charge is 2.20. The van der Waals surface area contributed by atoms with E-state index in [1.165, 1.54) is 104 Å². The van der Waals surface area contributed by atoms with Gasteiger partial charge in [-0.25, -0.2) is 0 Å². The molecule has 0 heterocycles. The zero-order valence-corrected chi connectivity index (χ0v) is 30.4. The minimum Gasteiger partial charge on any atom is -0.494 e. The lowest BCUT2D eigenvalue weighted by atomic mass is 9.83. The third-order valence-electron chi connectivity index (χ3n) is 10.5. The molecule has 2 nitrogen and oxygen atoms in total. The molecule has 8 aromatic rings. The molecule has 258 valence electrons. The van der Waals surface area contributed by atoms with Gasteiger partial charge < -0.3 is 9.47 Å². The SMILES string of the molecule is CCCCCCOc1cccc(C#Cc2c3ccccc3c3ccc4c(-c5cccc(OCCCCCC)c5)c5ccccc5c5ccc2c3c45)c1. The molecular formula is C50H46O2. The van der Waals surface area contributed by atoms with Gasteiger partial charge in [0.1, 0.15) is 11.5 Å². The van der Waals surface area contributed by atoms with E-state index in [0.29, 0.717) is 0 Å². The van der Waals surface area contributed by atoms with Crippen molar-refractivity contribution in [3.63, 3.8) is 0 Å². The van der Waals surface area contributed by atoms with Crippen LogP contribution in [-0.2, 0) is 0 Å². The number of hydrogen-bond donors (Lipinski definition) is 0. The van der Waals surface area contributed by atoms with E-state index in [1.54, 1.807) is 0 Å². The zero-order valence-electron chi connectivity index (χ0n) is 30.4. The van der Waals surface area contributed by atoms with Crippen molar-refractivity contribution in [1.29, 1.82) is 0 Å². The van der Waals surface area contributed by atoms with Crippen molar-refractivity contribution in [2.24, 2.45) is 0 Å². The first-order chi connectivity index (χ1) is 25.7. The van der Waals surface area contributed by atoms with Gasteiger partial charge in [0, 0.05) is 11.1 Å². The summed E-state index contributed by atoms with van der Waals surface area (Å²) in [4.78, 5) is 0. The normalized spacial score (nSPS) is 11.5. The van der Waals surface area contributed by atoms with Crippen LogP contribution in [0.15, 0.2) is 121 Å². The monoisotopic (exact) mass is 678 g/mol. The van der Waals surface area contributed by atoms with E-state index < -0.39 is 0 Å². The van der Waals surface area contributed by atoms with Crippen LogP contribution < -0.4 is 9.47 Å². The first kappa shape index (κ1) is 33.6. The average Bonchev–Trinajstić information content (AvgIpc) is 3.19. The Morgan fingerprint density at radius 3 is 1.67 bits per heavy atom. The summed E-state index contributed by atoms with van der Waals surface area (Å²) in [5, 5.41) is 12.5. The lowest BCUT2D eigenvalue weighted by molar-refractivity contribution is 0.305. The Hall–Kier alpha value is -5.52. The first-order valence-corrected chi connectivity index (χ1v) is 19.3. The van der Waals surface area contributed by atoms with Crippen LogP contribution in [-0.4, -0.2) is 13.2 Å². The molecule has 52 heavy (non-hydrogen) atoms. The third-order valence-corrected chi connectivity index (χ3v) is 10.5. The smallest absolute Gasteiger partial charge is 0.120 e. The number of hydrogen-bond acceptors (Lipinski definition) is 2. The molecule has 8 aromatic carbocycles. The van der Waals surface area contributed by atoms with Gasteiger partial charge in [-0.2, -0.15) is 0 Å². The Morgan fingerprint density at radius 2 is 0.981 bits per heavy atom. The van der Waals surface area contributed by atoms with E-state index in [-0.39, 0.29) is 0 Å². The van der Waals surface area contributed by atoms with Crippen LogP contribution in [0.5, 0.6) is 11.5 Å². The number of ether oxygens (including phenoxy) is 2. The van der Waals surface area contributed by atoms with Gasteiger partial charge >= 0.3 is 0 Å². The Kier molecular flexibility index (Phi) is 9.94. The van der Waals surface area contributed by atoms with Crippen molar-refractivity contribution >= 4 is 53.9 Å². The summed E-state index contributed by atoms with van der Waals surface area (Å²) in [5.41, 5.74) is 4.46.